The van der Waals surface area contributed by atoms with Crippen LogP contribution in [0, 0.1) is 6.92 Å². The monoisotopic (exact) mass is 290 g/mol. The van der Waals surface area contributed by atoms with Crippen molar-refractivity contribution in [1.82, 2.24) is 5.32 Å². The quantitative estimate of drug-likeness (QED) is 0.809. The van der Waals surface area contributed by atoms with Gasteiger partial charge in [-0.25, -0.2) is 0 Å². The van der Waals surface area contributed by atoms with E-state index >= 15 is 0 Å². The van der Waals surface area contributed by atoms with Gasteiger partial charge in [0, 0.05) is 13.2 Å². The van der Waals surface area contributed by atoms with Gasteiger partial charge < -0.3 is 10.1 Å². The number of methoxy groups -OCH3 is 1. The third-order valence-electron chi connectivity index (χ3n) is 3.25. The number of amides is 2. The summed E-state index contributed by atoms with van der Waals surface area (Å²) in [6.45, 7) is 3.86. The van der Waals surface area contributed by atoms with Crippen LogP contribution in [0.3, 0.4) is 0 Å². The van der Waals surface area contributed by atoms with Crippen molar-refractivity contribution < 1.29 is 19.1 Å². The van der Waals surface area contributed by atoms with Crippen LogP contribution in [-0.4, -0.2) is 43.9 Å². The molecule has 1 aromatic rings. The predicted molar refractivity (Wildman–Crippen MR) is 77.3 cm³/mol. The topological polar surface area (TPSA) is 75.7 Å². The Morgan fingerprint density at radius 1 is 1.38 bits per heavy atom. The van der Waals surface area contributed by atoms with Crippen molar-refractivity contribution in [2.75, 3.05) is 25.2 Å². The highest BCUT2D eigenvalue weighted by molar-refractivity contribution is 6.52. The number of anilines is 1. The number of rotatable bonds is 5. The molecule has 0 fully saturated rings. The van der Waals surface area contributed by atoms with E-state index < -0.39 is 11.7 Å². The highest BCUT2D eigenvalue weighted by atomic mass is 16.5. The summed E-state index contributed by atoms with van der Waals surface area (Å²) >= 11 is 0. The normalized spacial score (nSPS) is 15.1. The van der Waals surface area contributed by atoms with Crippen LogP contribution in [0.1, 0.15) is 22.8 Å². The van der Waals surface area contributed by atoms with Crippen LogP contribution in [0.4, 0.5) is 5.69 Å². The fourth-order valence-corrected chi connectivity index (χ4v) is 2.33. The molecule has 1 atom stereocenters. The van der Waals surface area contributed by atoms with Gasteiger partial charge in [0.2, 0.25) is 5.91 Å². The first-order valence-electron chi connectivity index (χ1n) is 6.69. The molecule has 0 radical (unpaired) electrons. The van der Waals surface area contributed by atoms with Gasteiger partial charge in [-0.15, -0.1) is 0 Å². The molecule has 2 amide bonds. The van der Waals surface area contributed by atoms with Crippen LogP contribution < -0.4 is 10.2 Å². The molecule has 1 heterocycles. The maximum Gasteiger partial charge on any atom is 0.299 e. The zero-order valence-corrected chi connectivity index (χ0v) is 12.3. The zero-order valence-electron chi connectivity index (χ0n) is 12.3. The van der Waals surface area contributed by atoms with Crippen LogP contribution in [0.15, 0.2) is 18.2 Å². The van der Waals surface area contributed by atoms with Gasteiger partial charge in [0.1, 0.15) is 6.54 Å². The zero-order chi connectivity index (χ0) is 15.6. The van der Waals surface area contributed by atoms with Gasteiger partial charge >= 0.3 is 0 Å². The van der Waals surface area contributed by atoms with Crippen molar-refractivity contribution in [3.05, 3.63) is 29.3 Å². The van der Waals surface area contributed by atoms with E-state index in [9.17, 15) is 14.4 Å². The highest BCUT2D eigenvalue weighted by Gasteiger charge is 2.36. The number of benzene rings is 1. The second kappa shape index (κ2) is 6.05. The lowest BCUT2D eigenvalue weighted by molar-refractivity contribution is -0.122. The Hall–Kier alpha value is -2.21. The summed E-state index contributed by atoms with van der Waals surface area (Å²) in [6, 6.07) is 5.01. The minimum Gasteiger partial charge on any atom is -0.383 e. The molecule has 1 N–H and O–H groups in total. The van der Waals surface area contributed by atoms with Gasteiger partial charge in [-0.2, -0.15) is 0 Å². The molecule has 1 aromatic carbocycles. The van der Waals surface area contributed by atoms with E-state index in [1.165, 1.54) is 4.90 Å². The van der Waals surface area contributed by atoms with Crippen molar-refractivity contribution in [1.29, 1.82) is 0 Å². The molecule has 2 rings (SSSR count). The second-order valence-electron chi connectivity index (χ2n) is 5.16. The fourth-order valence-electron chi connectivity index (χ4n) is 2.33. The van der Waals surface area contributed by atoms with Crippen molar-refractivity contribution in [2.24, 2.45) is 0 Å². The maximum absolute atomic E-state index is 12.0. The van der Waals surface area contributed by atoms with Crippen molar-refractivity contribution in [2.45, 2.75) is 19.9 Å². The lowest BCUT2D eigenvalue weighted by Crippen LogP contribution is -2.44. The molecular formula is C15H18N2O4. The smallest absolute Gasteiger partial charge is 0.299 e. The number of ketones is 1. The first kappa shape index (κ1) is 15.2. The molecule has 1 unspecified atom stereocenters. The maximum atomic E-state index is 12.0. The van der Waals surface area contributed by atoms with Crippen molar-refractivity contribution in [3.63, 3.8) is 0 Å². The highest BCUT2D eigenvalue weighted by Crippen LogP contribution is 2.29. The molecule has 6 nitrogen and oxygen atoms in total. The first-order chi connectivity index (χ1) is 9.93. The largest absolute Gasteiger partial charge is 0.383 e. The number of fused-ring (bicyclic) bond motifs is 1. The summed E-state index contributed by atoms with van der Waals surface area (Å²) < 4.78 is 4.93. The average Bonchev–Trinajstić information content (AvgIpc) is 2.64. The number of carbonyl (C=O) groups excluding carboxylic acids is 3. The number of nitrogens with one attached hydrogen (secondary N) is 1. The summed E-state index contributed by atoms with van der Waals surface area (Å²) in [7, 11) is 1.55. The summed E-state index contributed by atoms with van der Waals surface area (Å²) in [5, 5.41) is 2.72. The molecule has 6 heteroatoms. The fraction of sp³-hybridized carbons (Fsp3) is 0.400. The Labute approximate surface area is 123 Å². The van der Waals surface area contributed by atoms with E-state index in [4.69, 9.17) is 4.74 Å². The Morgan fingerprint density at radius 2 is 2.10 bits per heavy atom. The Morgan fingerprint density at radius 3 is 2.76 bits per heavy atom. The molecule has 21 heavy (non-hydrogen) atoms. The Bertz CT molecular complexity index is 597. The number of Topliss-reactive ketones (excluding diaryl/α,β-unsaturated/α-hetero) is 1. The molecule has 0 bridgehead atoms. The van der Waals surface area contributed by atoms with Crippen molar-refractivity contribution in [3.8, 4) is 0 Å². The van der Waals surface area contributed by atoms with Crippen LogP contribution in [-0.2, 0) is 14.3 Å². The molecule has 0 saturated carbocycles. The Kier molecular flexibility index (Phi) is 4.37. The van der Waals surface area contributed by atoms with Crippen LogP contribution in [0.5, 0.6) is 0 Å². The number of hydrogen-bond acceptors (Lipinski definition) is 4. The SMILES string of the molecule is COCC(C)NC(=O)CN1C(=O)C(=O)c2cc(C)ccc21. The van der Waals surface area contributed by atoms with Gasteiger partial charge in [-0.1, -0.05) is 11.6 Å². The molecule has 0 aromatic heterocycles. The van der Waals surface area contributed by atoms with Crippen molar-refractivity contribution >= 4 is 23.3 Å². The Balaban J connectivity index is 2.13. The first-order valence-corrected chi connectivity index (χ1v) is 6.69. The van der Waals surface area contributed by atoms with Crippen LogP contribution in [0.2, 0.25) is 0 Å². The summed E-state index contributed by atoms with van der Waals surface area (Å²) in [6.07, 6.45) is 0. The molecular weight excluding hydrogens is 272 g/mol. The van der Waals surface area contributed by atoms with Gasteiger partial charge in [-0.3, -0.25) is 19.3 Å². The number of carbonyl (C=O) groups is 3. The standard InChI is InChI=1S/C15H18N2O4/c1-9-4-5-12-11(6-9)14(19)15(20)17(12)7-13(18)16-10(2)8-21-3/h4-6,10H,7-8H2,1-3H3,(H,16,18). The van der Waals surface area contributed by atoms with E-state index in [1.54, 1.807) is 26.2 Å². The molecule has 112 valence electrons. The molecule has 0 spiro atoms. The minimum atomic E-state index is -0.662. The molecule has 1 aliphatic heterocycles. The van der Waals surface area contributed by atoms with Gasteiger partial charge in [0.25, 0.3) is 11.7 Å². The predicted octanol–water partition coefficient (Wildman–Crippen LogP) is 0.675. The third kappa shape index (κ3) is 3.11. The van der Waals surface area contributed by atoms with Crippen LogP contribution >= 0.6 is 0 Å². The molecule has 1 aliphatic rings. The minimum absolute atomic E-state index is 0.159. The van der Waals surface area contributed by atoms with E-state index in [2.05, 4.69) is 5.32 Å². The molecule has 0 saturated heterocycles. The summed E-state index contributed by atoms with van der Waals surface area (Å²) in [4.78, 5) is 37.1. The van der Waals surface area contributed by atoms with Crippen LogP contribution in [0.25, 0.3) is 0 Å². The lowest BCUT2D eigenvalue weighted by Gasteiger charge is -2.18. The summed E-state index contributed by atoms with van der Waals surface area (Å²) in [5.41, 5.74) is 1.75. The number of ether oxygens (including phenoxy) is 1. The van der Waals surface area contributed by atoms with E-state index in [0.717, 1.165) is 5.56 Å². The van der Waals surface area contributed by atoms with Gasteiger partial charge in [-0.05, 0) is 26.0 Å². The number of nitrogens with zero attached hydrogens (tertiary/aromatic N) is 1. The van der Waals surface area contributed by atoms with Gasteiger partial charge in [0.15, 0.2) is 0 Å². The van der Waals surface area contributed by atoms with E-state index in [1.807, 2.05) is 13.0 Å². The number of aryl methyl sites for hydroxylation is 1. The molecule has 0 aliphatic carbocycles. The lowest BCUT2D eigenvalue weighted by atomic mass is 10.1. The number of hydrogen-bond donors (Lipinski definition) is 1. The second-order valence-corrected chi connectivity index (χ2v) is 5.16. The van der Waals surface area contributed by atoms with E-state index in [0.29, 0.717) is 17.9 Å². The third-order valence-corrected chi connectivity index (χ3v) is 3.25. The summed E-state index contributed by atoms with van der Waals surface area (Å²) in [5.74, 6) is -1.55. The average molecular weight is 290 g/mol. The van der Waals surface area contributed by atoms with E-state index in [-0.39, 0.29) is 18.5 Å². The van der Waals surface area contributed by atoms with Gasteiger partial charge in [0.05, 0.1) is 17.9 Å².